The highest BCUT2D eigenvalue weighted by Gasteiger charge is 2.08. The van der Waals surface area contributed by atoms with E-state index in [1.54, 1.807) is 12.1 Å². The van der Waals surface area contributed by atoms with Crippen molar-refractivity contribution < 1.29 is 4.74 Å². The van der Waals surface area contributed by atoms with Crippen LogP contribution in [0.4, 0.5) is 0 Å². The van der Waals surface area contributed by atoms with Gasteiger partial charge in [-0.15, -0.1) is 0 Å². The van der Waals surface area contributed by atoms with Crippen LogP contribution >= 0.6 is 39.1 Å². The molecule has 0 N–H and O–H groups in total. The van der Waals surface area contributed by atoms with Crippen molar-refractivity contribution in [3.63, 3.8) is 0 Å². The SMILES string of the molecule is CCCC(CBr)COc1ccc(Cl)cc1Cl. The molecule has 1 atom stereocenters. The first kappa shape index (κ1) is 14.1. The highest BCUT2D eigenvalue weighted by molar-refractivity contribution is 9.09. The molecule has 1 unspecified atom stereocenters. The van der Waals surface area contributed by atoms with Crippen LogP contribution in [0.25, 0.3) is 0 Å². The van der Waals surface area contributed by atoms with E-state index >= 15 is 0 Å². The van der Waals surface area contributed by atoms with Crippen molar-refractivity contribution in [1.29, 1.82) is 0 Å². The fraction of sp³-hybridized carbons (Fsp3) is 0.500. The monoisotopic (exact) mass is 324 g/mol. The van der Waals surface area contributed by atoms with Crippen LogP contribution in [0.1, 0.15) is 19.8 Å². The lowest BCUT2D eigenvalue weighted by atomic mass is 10.1. The van der Waals surface area contributed by atoms with Crippen LogP contribution in [-0.4, -0.2) is 11.9 Å². The summed E-state index contributed by atoms with van der Waals surface area (Å²) in [7, 11) is 0. The van der Waals surface area contributed by atoms with Gasteiger partial charge in [0, 0.05) is 16.3 Å². The van der Waals surface area contributed by atoms with Gasteiger partial charge in [-0.1, -0.05) is 52.5 Å². The zero-order chi connectivity index (χ0) is 12.0. The second-order valence-corrected chi connectivity index (χ2v) is 5.19. The maximum Gasteiger partial charge on any atom is 0.137 e. The molecule has 0 aliphatic heterocycles. The smallest absolute Gasteiger partial charge is 0.137 e. The van der Waals surface area contributed by atoms with E-state index in [0.717, 1.165) is 18.2 Å². The Morgan fingerprint density at radius 2 is 2.12 bits per heavy atom. The van der Waals surface area contributed by atoms with Gasteiger partial charge in [-0.05, 0) is 24.6 Å². The predicted octanol–water partition coefficient (Wildman–Crippen LogP) is 5.18. The van der Waals surface area contributed by atoms with E-state index in [0.29, 0.717) is 28.3 Å². The molecule has 90 valence electrons. The molecule has 0 aliphatic carbocycles. The molecule has 1 aromatic carbocycles. The summed E-state index contributed by atoms with van der Waals surface area (Å²) < 4.78 is 5.68. The molecule has 0 saturated carbocycles. The van der Waals surface area contributed by atoms with Crippen molar-refractivity contribution >= 4 is 39.1 Å². The van der Waals surface area contributed by atoms with E-state index in [-0.39, 0.29) is 0 Å². The fourth-order valence-electron chi connectivity index (χ4n) is 1.41. The third-order valence-corrected chi connectivity index (χ3v) is 3.73. The van der Waals surface area contributed by atoms with Crippen LogP contribution in [0.2, 0.25) is 10.0 Å². The molecule has 0 amide bonds. The maximum absolute atomic E-state index is 6.01. The molecule has 4 heteroatoms. The lowest BCUT2D eigenvalue weighted by molar-refractivity contribution is 0.255. The highest BCUT2D eigenvalue weighted by Crippen LogP contribution is 2.28. The average Bonchev–Trinajstić information content (AvgIpc) is 2.26. The summed E-state index contributed by atoms with van der Waals surface area (Å²) in [6.45, 7) is 2.85. The van der Waals surface area contributed by atoms with Crippen LogP contribution in [0.5, 0.6) is 5.75 Å². The Labute approximate surface area is 115 Å². The summed E-state index contributed by atoms with van der Waals surface area (Å²) in [5, 5.41) is 2.15. The Balaban J connectivity index is 2.53. The van der Waals surface area contributed by atoms with Gasteiger partial charge in [0.2, 0.25) is 0 Å². The van der Waals surface area contributed by atoms with Gasteiger partial charge in [0.05, 0.1) is 11.6 Å². The lowest BCUT2D eigenvalue weighted by Crippen LogP contribution is -2.13. The number of rotatable bonds is 6. The van der Waals surface area contributed by atoms with Gasteiger partial charge in [0.15, 0.2) is 0 Å². The second kappa shape index (κ2) is 7.41. The number of halogens is 3. The zero-order valence-corrected chi connectivity index (χ0v) is 12.3. The van der Waals surface area contributed by atoms with E-state index in [1.807, 2.05) is 6.07 Å². The van der Waals surface area contributed by atoms with E-state index in [4.69, 9.17) is 27.9 Å². The highest BCUT2D eigenvalue weighted by atomic mass is 79.9. The van der Waals surface area contributed by atoms with Gasteiger partial charge >= 0.3 is 0 Å². The van der Waals surface area contributed by atoms with Crippen molar-refractivity contribution in [2.24, 2.45) is 5.92 Å². The van der Waals surface area contributed by atoms with Gasteiger partial charge in [-0.3, -0.25) is 0 Å². The van der Waals surface area contributed by atoms with Gasteiger partial charge < -0.3 is 4.74 Å². The Morgan fingerprint density at radius 3 is 2.69 bits per heavy atom. The standard InChI is InChI=1S/C12H15BrCl2O/c1-2-3-9(7-13)8-16-12-5-4-10(14)6-11(12)15/h4-6,9H,2-3,7-8H2,1H3. The quantitative estimate of drug-likeness (QED) is 0.654. The van der Waals surface area contributed by atoms with E-state index in [2.05, 4.69) is 22.9 Å². The molecule has 1 rings (SSSR count). The molecule has 0 heterocycles. The Kier molecular flexibility index (Phi) is 6.55. The first-order valence-electron chi connectivity index (χ1n) is 5.31. The van der Waals surface area contributed by atoms with Gasteiger partial charge in [0.1, 0.15) is 5.75 Å². The largest absolute Gasteiger partial charge is 0.492 e. The van der Waals surface area contributed by atoms with Crippen molar-refractivity contribution in [3.05, 3.63) is 28.2 Å². The van der Waals surface area contributed by atoms with Crippen LogP contribution in [0.3, 0.4) is 0 Å². The molecule has 0 fully saturated rings. The van der Waals surface area contributed by atoms with Crippen LogP contribution in [-0.2, 0) is 0 Å². The molecule has 0 saturated heterocycles. The van der Waals surface area contributed by atoms with Gasteiger partial charge in [0.25, 0.3) is 0 Å². The zero-order valence-electron chi connectivity index (χ0n) is 9.18. The Bertz CT molecular complexity index is 331. The van der Waals surface area contributed by atoms with Crippen molar-refractivity contribution in [2.75, 3.05) is 11.9 Å². The molecule has 1 aromatic rings. The summed E-state index contributed by atoms with van der Waals surface area (Å²) in [6, 6.07) is 5.29. The molecule has 0 aliphatic rings. The Morgan fingerprint density at radius 1 is 1.38 bits per heavy atom. The minimum Gasteiger partial charge on any atom is -0.492 e. The molecule has 0 aromatic heterocycles. The van der Waals surface area contributed by atoms with Crippen LogP contribution in [0, 0.1) is 5.92 Å². The number of benzene rings is 1. The summed E-state index contributed by atoms with van der Waals surface area (Å²) in [6.07, 6.45) is 2.31. The van der Waals surface area contributed by atoms with Gasteiger partial charge in [-0.25, -0.2) is 0 Å². The first-order valence-corrected chi connectivity index (χ1v) is 7.19. The minimum atomic E-state index is 0.525. The summed E-state index contributed by atoms with van der Waals surface area (Å²) in [5.74, 6) is 1.23. The fourth-order valence-corrected chi connectivity index (χ4v) is 2.39. The minimum absolute atomic E-state index is 0.525. The second-order valence-electron chi connectivity index (χ2n) is 3.69. The molecule has 0 spiro atoms. The molecule has 16 heavy (non-hydrogen) atoms. The van der Waals surface area contributed by atoms with Crippen molar-refractivity contribution in [2.45, 2.75) is 19.8 Å². The van der Waals surface area contributed by atoms with E-state index in [1.165, 1.54) is 0 Å². The van der Waals surface area contributed by atoms with Crippen LogP contribution < -0.4 is 4.74 Å². The molecular formula is C12H15BrCl2O. The molecule has 0 bridgehead atoms. The first-order chi connectivity index (χ1) is 7.67. The predicted molar refractivity (Wildman–Crippen MR) is 74.1 cm³/mol. The van der Waals surface area contributed by atoms with Gasteiger partial charge in [-0.2, -0.15) is 0 Å². The van der Waals surface area contributed by atoms with E-state index < -0.39 is 0 Å². The molecular weight excluding hydrogens is 311 g/mol. The lowest BCUT2D eigenvalue weighted by Gasteiger charge is -2.15. The number of hydrogen-bond acceptors (Lipinski definition) is 1. The normalized spacial score (nSPS) is 12.5. The molecule has 1 nitrogen and oxygen atoms in total. The summed E-state index contributed by atoms with van der Waals surface area (Å²) >= 11 is 15.3. The number of alkyl halides is 1. The third-order valence-electron chi connectivity index (χ3n) is 2.28. The third kappa shape index (κ3) is 4.52. The van der Waals surface area contributed by atoms with Crippen molar-refractivity contribution in [1.82, 2.24) is 0 Å². The Hall–Kier alpha value is 0.0800. The van der Waals surface area contributed by atoms with E-state index in [9.17, 15) is 0 Å². The van der Waals surface area contributed by atoms with Crippen LogP contribution in [0.15, 0.2) is 18.2 Å². The maximum atomic E-state index is 6.01. The van der Waals surface area contributed by atoms with Crippen molar-refractivity contribution in [3.8, 4) is 5.75 Å². The number of ether oxygens (including phenoxy) is 1. The molecule has 0 radical (unpaired) electrons. The topological polar surface area (TPSA) is 9.23 Å². The summed E-state index contributed by atoms with van der Waals surface area (Å²) in [5.41, 5.74) is 0. The number of hydrogen-bond donors (Lipinski definition) is 0. The average molecular weight is 326 g/mol. The summed E-state index contributed by atoms with van der Waals surface area (Å²) in [4.78, 5) is 0.